The molecule has 5 nitrogen and oxygen atoms in total. The van der Waals surface area contributed by atoms with Gasteiger partial charge in [0.25, 0.3) is 0 Å². The SMILES string of the molecule is O=C(OCCO)c1c2c(nc3ccccc13)/C(=C/c1ccco1)CCC2. The Morgan fingerprint density at radius 2 is 2.12 bits per heavy atom. The van der Waals surface area contributed by atoms with Gasteiger partial charge in [-0.2, -0.15) is 0 Å². The van der Waals surface area contributed by atoms with E-state index >= 15 is 0 Å². The molecule has 0 atom stereocenters. The van der Waals surface area contributed by atoms with Crippen LogP contribution in [0.2, 0.25) is 0 Å². The Morgan fingerprint density at radius 1 is 1.23 bits per heavy atom. The quantitative estimate of drug-likeness (QED) is 0.724. The molecule has 0 bridgehead atoms. The van der Waals surface area contributed by atoms with Crippen molar-refractivity contribution >= 4 is 28.5 Å². The number of benzene rings is 1. The van der Waals surface area contributed by atoms with Crippen LogP contribution in [0.3, 0.4) is 0 Å². The number of aliphatic hydroxyl groups is 1. The third kappa shape index (κ3) is 3.02. The van der Waals surface area contributed by atoms with E-state index in [0.717, 1.165) is 52.8 Å². The van der Waals surface area contributed by atoms with Gasteiger partial charge < -0.3 is 14.3 Å². The lowest BCUT2D eigenvalue weighted by molar-refractivity contribution is 0.0434. The topological polar surface area (TPSA) is 72.6 Å². The van der Waals surface area contributed by atoms with E-state index in [2.05, 4.69) is 0 Å². The normalized spacial score (nSPS) is 15.2. The minimum absolute atomic E-state index is 0.0145. The molecule has 1 N–H and O–H groups in total. The Labute approximate surface area is 150 Å². The number of esters is 1. The predicted octanol–water partition coefficient (Wildman–Crippen LogP) is 3.85. The third-order valence-electron chi connectivity index (χ3n) is 4.56. The molecule has 132 valence electrons. The smallest absolute Gasteiger partial charge is 0.339 e. The van der Waals surface area contributed by atoms with Gasteiger partial charge in [-0.3, -0.25) is 0 Å². The summed E-state index contributed by atoms with van der Waals surface area (Å²) in [7, 11) is 0. The number of fused-ring (bicyclic) bond motifs is 2. The van der Waals surface area contributed by atoms with Crippen molar-refractivity contribution in [2.75, 3.05) is 13.2 Å². The number of allylic oxidation sites excluding steroid dienone is 1. The molecule has 0 saturated heterocycles. The largest absolute Gasteiger partial charge is 0.465 e. The minimum Gasteiger partial charge on any atom is -0.465 e. The molecule has 2 heterocycles. The van der Waals surface area contributed by atoms with Crippen LogP contribution >= 0.6 is 0 Å². The summed E-state index contributed by atoms with van der Waals surface area (Å²) in [6.45, 7) is -0.208. The predicted molar refractivity (Wildman–Crippen MR) is 98.6 cm³/mol. The Hall–Kier alpha value is -2.92. The second kappa shape index (κ2) is 7.14. The van der Waals surface area contributed by atoms with Crippen LogP contribution < -0.4 is 0 Å². The maximum absolute atomic E-state index is 12.7. The van der Waals surface area contributed by atoms with Crippen LogP contribution in [0.5, 0.6) is 0 Å². The lowest BCUT2D eigenvalue weighted by Gasteiger charge is -2.22. The Bertz CT molecular complexity index is 973. The number of para-hydroxylation sites is 1. The monoisotopic (exact) mass is 349 g/mol. The number of furan rings is 1. The second-order valence-electron chi connectivity index (χ2n) is 6.23. The highest BCUT2D eigenvalue weighted by molar-refractivity contribution is 6.06. The maximum atomic E-state index is 12.7. The van der Waals surface area contributed by atoms with Crippen molar-refractivity contribution in [3.63, 3.8) is 0 Å². The number of carbonyl (C=O) groups excluding carboxylic acids is 1. The minimum atomic E-state index is -0.409. The summed E-state index contributed by atoms with van der Waals surface area (Å²) in [5.74, 6) is 0.361. The van der Waals surface area contributed by atoms with Gasteiger partial charge in [0.2, 0.25) is 0 Å². The van der Waals surface area contributed by atoms with Gasteiger partial charge in [0, 0.05) is 5.39 Å². The summed E-state index contributed by atoms with van der Waals surface area (Å²) in [4.78, 5) is 17.5. The van der Waals surface area contributed by atoms with Gasteiger partial charge >= 0.3 is 5.97 Å². The summed E-state index contributed by atoms with van der Waals surface area (Å²) in [5, 5.41) is 9.78. The molecule has 5 heteroatoms. The first-order valence-corrected chi connectivity index (χ1v) is 8.72. The molecular weight excluding hydrogens is 330 g/mol. The van der Waals surface area contributed by atoms with Crippen molar-refractivity contribution in [2.24, 2.45) is 0 Å². The molecule has 1 aromatic carbocycles. The average molecular weight is 349 g/mol. The fraction of sp³-hybridized carbons (Fsp3) is 0.238. The van der Waals surface area contributed by atoms with Gasteiger partial charge in [-0.1, -0.05) is 18.2 Å². The van der Waals surface area contributed by atoms with Crippen LogP contribution in [0.25, 0.3) is 22.6 Å². The molecule has 0 radical (unpaired) electrons. The van der Waals surface area contributed by atoms with Crippen LogP contribution in [0, 0.1) is 0 Å². The van der Waals surface area contributed by atoms with E-state index < -0.39 is 5.97 Å². The van der Waals surface area contributed by atoms with Crippen molar-refractivity contribution in [1.82, 2.24) is 4.98 Å². The molecule has 1 aliphatic carbocycles. The molecule has 0 aliphatic heterocycles. The number of hydrogen-bond acceptors (Lipinski definition) is 5. The number of nitrogens with zero attached hydrogens (tertiary/aromatic N) is 1. The first kappa shape index (κ1) is 16.5. The van der Waals surface area contributed by atoms with Gasteiger partial charge in [-0.05, 0) is 54.7 Å². The molecule has 26 heavy (non-hydrogen) atoms. The average Bonchev–Trinajstić information content (AvgIpc) is 3.18. The van der Waals surface area contributed by atoms with E-state index in [0.29, 0.717) is 5.56 Å². The number of aromatic nitrogens is 1. The highest BCUT2D eigenvalue weighted by Gasteiger charge is 2.26. The fourth-order valence-corrected chi connectivity index (χ4v) is 3.46. The number of pyridine rings is 1. The molecule has 1 aliphatic rings. The molecular formula is C21H19NO4. The van der Waals surface area contributed by atoms with E-state index in [1.165, 1.54) is 0 Å². The van der Waals surface area contributed by atoms with Gasteiger partial charge in [0.05, 0.1) is 29.6 Å². The number of rotatable bonds is 4. The number of aliphatic hydroxyl groups excluding tert-OH is 1. The molecule has 3 aromatic rings. The van der Waals surface area contributed by atoms with Gasteiger partial charge in [0.1, 0.15) is 12.4 Å². The molecule has 2 aromatic heterocycles. The summed E-state index contributed by atoms with van der Waals surface area (Å²) in [6.07, 6.45) is 6.21. The number of ether oxygens (including phenoxy) is 1. The molecule has 0 spiro atoms. The van der Waals surface area contributed by atoms with Crippen LogP contribution in [-0.4, -0.2) is 29.3 Å². The molecule has 4 rings (SSSR count). The Kier molecular flexibility index (Phi) is 4.54. The highest BCUT2D eigenvalue weighted by Crippen LogP contribution is 2.36. The van der Waals surface area contributed by atoms with Crippen molar-refractivity contribution in [1.29, 1.82) is 0 Å². The lowest BCUT2D eigenvalue weighted by Crippen LogP contribution is -2.16. The van der Waals surface area contributed by atoms with E-state index in [1.807, 2.05) is 42.5 Å². The summed E-state index contributed by atoms with van der Waals surface area (Å²) in [5.41, 5.74) is 4.12. The summed E-state index contributed by atoms with van der Waals surface area (Å²) >= 11 is 0. The first-order chi connectivity index (χ1) is 12.8. The second-order valence-corrected chi connectivity index (χ2v) is 6.23. The molecule has 0 fully saturated rings. The third-order valence-corrected chi connectivity index (χ3v) is 4.56. The van der Waals surface area contributed by atoms with Crippen molar-refractivity contribution < 1.29 is 19.1 Å². The maximum Gasteiger partial charge on any atom is 0.339 e. The van der Waals surface area contributed by atoms with Gasteiger partial charge in [0.15, 0.2) is 0 Å². The van der Waals surface area contributed by atoms with Crippen LogP contribution in [0.15, 0.2) is 47.1 Å². The zero-order valence-electron chi connectivity index (χ0n) is 14.3. The molecule has 0 amide bonds. The summed E-state index contributed by atoms with van der Waals surface area (Å²) < 4.78 is 10.7. The molecule has 0 unspecified atom stereocenters. The summed E-state index contributed by atoms with van der Waals surface area (Å²) in [6, 6.07) is 11.3. The van der Waals surface area contributed by atoms with Gasteiger partial charge in [-0.25, -0.2) is 9.78 Å². The van der Waals surface area contributed by atoms with E-state index in [4.69, 9.17) is 19.2 Å². The molecule has 0 saturated carbocycles. The lowest BCUT2D eigenvalue weighted by atomic mass is 9.86. The Balaban J connectivity index is 1.91. The van der Waals surface area contributed by atoms with Crippen molar-refractivity contribution in [3.05, 3.63) is 65.2 Å². The van der Waals surface area contributed by atoms with E-state index in [1.54, 1.807) is 6.26 Å². The van der Waals surface area contributed by atoms with Crippen molar-refractivity contribution in [3.8, 4) is 0 Å². The van der Waals surface area contributed by atoms with Crippen molar-refractivity contribution in [2.45, 2.75) is 19.3 Å². The zero-order valence-corrected chi connectivity index (χ0v) is 14.3. The fourth-order valence-electron chi connectivity index (χ4n) is 3.46. The van der Waals surface area contributed by atoms with Crippen LogP contribution in [0.4, 0.5) is 0 Å². The van der Waals surface area contributed by atoms with Gasteiger partial charge in [-0.15, -0.1) is 0 Å². The van der Waals surface area contributed by atoms with E-state index in [-0.39, 0.29) is 13.2 Å². The number of carbonyl (C=O) groups is 1. The first-order valence-electron chi connectivity index (χ1n) is 8.72. The van der Waals surface area contributed by atoms with E-state index in [9.17, 15) is 4.79 Å². The Morgan fingerprint density at radius 3 is 2.92 bits per heavy atom. The van der Waals surface area contributed by atoms with Crippen LogP contribution in [0.1, 0.15) is 40.2 Å². The standard InChI is InChI=1S/C21H19NO4/c23-10-12-26-21(24)19-16-7-1-2-9-18(16)22-20-14(5-3-8-17(19)20)13-15-6-4-11-25-15/h1-2,4,6-7,9,11,13,23H,3,5,8,10,12H2/b14-13+. The highest BCUT2D eigenvalue weighted by atomic mass is 16.5. The number of hydrogen-bond donors (Lipinski definition) is 1. The zero-order chi connectivity index (χ0) is 17.9. The van der Waals surface area contributed by atoms with Crippen LogP contribution in [-0.2, 0) is 11.2 Å².